The van der Waals surface area contributed by atoms with Crippen molar-refractivity contribution in [2.75, 3.05) is 43.4 Å². The van der Waals surface area contributed by atoms with Gasteiger partial charge in [-0.25, -0.2) is 4.98 Å². The highest BCUT2D eigenvalue weighted by Crippen LogP contribution is 2.27. The van der Waals surface area contributed by atoms with Crippen molar-refractivity contribution in [2.45, 2.75) is 19.8 Å². The summed E-state index contributed by atoms with van der Waals surface area (Å²) in [5.41, 5.74) is 3.33. The van der Waals surface area contributed by atoms with Crippen LogP contribution in [0.4, 0.5) is 17.2 Å². The number of piperazine rings is 1. The Kier molecular flexibility index (Phi) is 5.00. The minimum absolute atomic E-state index is 0.156. The lowest BCUT2D eigenvalue weighted by atomic mass is 10.1. The van der Waals surface area contributed by atoms with Gasteiger partial charge in [0.1, 0.15) is 5.82 Å². The smallest absolute Gasteiger partial charge is 0.259 e. The first-order valence-electron chi connectivity index (χ1n) is 9.70. The van der Waals surface area contributed by atoms with Crippen molar-refractivity contribution in [3.8, 4) is 0 Å². The van der Waals surface area contributed by atoms with E-state index < -0.39 is 0 Å². The lowest BCUT2D eigenvalue weighted by Gasteiger charge is -2.33. The molecule has 0 aliphatic carbocycles. The highest BCUT2D eigenvalue weighted by molar-refractivity contribution is 5.92. The number of aromatic nitrogens is 3. The number of likely N-dealkylation sites (N-methyl/N-ethyl adjacent to an activating group) is 1. The third-order valence-electron chi connectivity index (χ3n) is 5.22. The molecule has 1 aliphatic rings. The van der Waals surface area contributed by atoms with E-state index in [1.807, 2.05) is 24.4 Å². The Balaban J connectivity index is 1.63. The number of anilines is 3. The van der Waals surface area contributed by atoms with Crippen LogP contribution in [-0.4, -0.2) is 53.1 Å². The SMILES string of the molecule is CC(C)c1cc(Nc2ccc(N3CCN(C)CC3)cn2)c2c(=O)[nH]ccc2n1. The predicted molar refractivity (Wildman–Crippen MR) is 114 cm³/mol. The van der Waals surface area contributed by atoms with Crippen LogP contribution in [0.2, 0.25) is 0 Å². The largest absolute Gasteiger partial charge is 0.368 e. The van der Waals surface area contributed by atoms with Crippen LogP contribution >= 0.6 is 0 Å². The van der Waals surface area contributed by atoms with Crippen molar-refractivity contribution in [2.24, 2.45) is 0 Å². The van der Waals surface area contributed by atoms with Gasteiger partial charge in [-0.1, -0.05) is 13.8 Å². The number of hydrogen-bond donors (Lipinski definition) is 2. The maximum absolute atomic E-state index is 12.4. The zero-order valence-electron chi connectivity index (χ0n) is 16.6. The third-order valence-corrected chi connectivity index (χ3v) is 5.22. The average Bonchev–Trinajstić information content (AvgIpc) is 2.69. The van der Waals surface area contributed by atoms with Gasteiger partial charge in [0, 0.05) is 38.1 Å². The van der Waals surface area contributed by atoms with Crippen molar-refractivity contribution >= 4 is 28.1 Å². The number of hydrogen-bond acceptors (Lipinski definition) is 6. The lowest BCUT2D eigenvalue weighted by molar-refractivity contribution is 0.313. The van der Waals surface area contributed by atoms with Gasteiger partial charge in [-0.3, -0.25) is 9.78 Å². The first-order valence-corrected chi connectivity index (χ1v) is 9.70. The second-order valence-electron chi connectivity index (χ2n) is 7.63. The van der Waals surface area contributed by atoms with Crippen molar-refractivity contribution < 1.29 is 0 Å². The Hall–Kier alpha value is -2.93. The Bertz CT molecular complexity index is 1020. The van der Waals surface area contributed by atoms with E-state index >= 15 is 0 Å². The van der Waals surface area contributed by atoms with Gasteiger partial charge in [0.15, 0.2) is 0 Å². The van der Waals surface area contributed by atoms with Gasteiger partial charge >= 0.3 is 0 Å². The van der Waals surface area contributed by atoms with Gasteiger partial charge in [0.05, 0.1) is 28.5 Å². The van der Waals surface area contributed by atoms with Gasteiger partial charge in [0.25, 0.3) is 5.56 Å². The molecule has 4 rings (SSSR count). The molecule has 0 unspecified atom stereocenters. The average molecular weight is 378 g/mol. The molecule has 0 amide bonds. The van der Waals surface area contributed by atoms with Crippen LogP contribution in [0.15, 0.2) is 41.5 Å². The fourth-order valence-electron chi connectivity index (χ4n) is 3.46. The molecule has 146 valence electrons. The molecule has 0 bridgehead atoms. The molecular weight excluding hydrogens is 352 g/mol. The van der Waals surface area contributed by atoms with E-state index in [1.54, 1.807) is 6.20 Å². The molecule has 2 N–H and O–H groups in total. The highest BCUT2D eigenvalue weighted by atomic mass is 16.1. The van der Waals surface area contributed by atoms with Crippen LogP contribution in [0.1, 0.15) is 25.5 Å². The maximum atomic E-state index is 12.4. The number of rotatable bonds is 4. The zero-order valence-corrected chi connectivity index (χ0v) is 16.6. The molecule has 0 spiro atoms. The molecular formula is C21H26N6O. The first kappa shape index (κ1) is 18.4. The van der Waals surface area contributed by atoms with Gasteiger partial charge in [0.2, 0.25) is 0 Å². The number of nitrogens with one attached hydrogen (secondary N) is 2. The van der Waals surface area contributed by atoms with E-state index in [9.17, 15) is 4.79 Å². The first-order chi connectivity index (χ1) is 13.5. The summed E-state index contributed by atoms with van der Waals surface area (Å²) in [5.74, 6) is 0.972. The summed E-state index contributed by atoms with van der Waals surface area (Å²) in [6.45, 7) is 8.32. The summed E-state index contributed by atoms with van der Waals surface area (Å²) in [6, 6.07) is 7.82. The second kappa shape index (κ2) is 7.59. The topological polar surface area (TPSA) is 77.1 Å². The summed E-state index contributed by atoms with van der Waals surface area (Å²) in [5, 5.41) is 3.87. The Labute approximate surface area is 164 Å². The molecule has 1 saturated heterocycles. The molecule has 28 heavy (non-hydrogen) atoms. The quantitative estimate of drug-likeness (QED) is 0.727. The highest BCUT2D eigenvalue weighted by Gasteiger charge is 2.15. The third kappa shape index (κ3) is 3.71. The van der Waals surface area contributed by atoms with Crippen LogP contribution in [0.5, 0.6) is 0 Å². The van der Waals surface area contributed by atoms with Crippen molar-refractivity contribution in [1.29, 1.82) is 0 Å². The Morgan fingerprint density at radius 3 is 2.61 bits per heavy atom. The lowest BCUT2D eigenvalue weighted by Crippen LogP contribution is -2.44. The summed E-state index contributed by atoms with van der Waals surface area (Å²) < 4.78 is 0. The Morgan fingerprint density at radius 2 is 1.93 bits per heavy atom. The number of pyridine rings is 3. The summed E-state index contributed by atoms with van der Waals surface area (Å²) in [4.78, 5) is 29.0. The molecule has 0 radical (unpaired) electrons. The fourth-order valence-corrected chi connectivity index (χ4v) is 3.46. The Morgan fingerprint density at radius 1 is 1.14 bits per heavy atom. The predicted octanol–water partition coefficient (Wildman–Crippen LogP) is 2.94. The zero-order chi connectivity index (χ0) is 19.7. The molecule has 0 atom stereocenters. The minimum Gasteiger partial charge on any atom is -0.368 e. The standard InChI is InChI=1S/C21H26N6O/c1-14(2)17-12-18(20-16(24-17)6-7-22-21(20)28)25-19-5-4-15(13-23-19)27-10-8-26(3)9-11-27/h4-7,12-14H,8-11H2,1-3H3,(H,22,28)(H,23,24,25). The van der Waals surface area contributed by atoms with Crippen LogP contribution in [0.3, 0.4) is 0 Å². The maximum Gasteiger partial charge on any atom is 0.259 e. The molecule has 7 heteroatoms. The van der Waals surface area contributed by atoms with Gasteiger partial charge in [-0.05, 0) is 37.2 Å². The number of fused-ring (bicyclic) bond motifs is 1. The summed E-state index contributed by atoms with van der Waals surface area (Å²) in [6.07, 6.45) is 3.53. The van der Waals surface area contributed by atoms with Crippen molar-refractivity contribution in [1.82, 2.24) is 19.9 Å². The minimum atomic E-state index is -0.156. The second-order valence-corrected chi connectivity index (χ2v) is 7.63. The van der Waals surface area contributed by atoms with E-state index in [4.69, 9.17) is 0 Å². The molecule has 1 fully saturated rings. The van der Waals surface area contributed by atoms with Crippen LogP contribution in [0, 0.1) is 0 Å². The fraction of sp³-hybridized carbons (Fsp3) is 0.381. The molecule has 0 saturated carbocycles. The van der Waals surface area contributed by atoms with Crippen LogP contribution in [0.25, 0.3) is 10.9 Å². The van der Waals surface area contributed by atoms with Gasteiger partial charge in [-0.15, -0.1) is 0 Å². The van der Waals surface area contributed by atoms with Crippen molar-refractivity contribution in [3.63, 3.8) is 0 Å². The van der Waals surface area contributed by atoms with Gasteiger partial charge in [-0.2, -0.15) is 0 Å². The summed E-state index contributed by atoms with van der Waals surface area (Å²) >= 11 is 0. The summed E-state index contributed by atoms with van der Waals surface area (Å²) in [7, 11) is 2.15. The van der Waals surface area contributed by atoms with E-state index in [1.165, 1.54) is 0 Å². The monoisotopic (exact) mass is 378 g/mol. The molecule has 3 aromatic heterocycles. The number of H-pyrrole nitrogens is 1. The van der Waals surface area contributed by atoms with Gasteiger partial charge < -0.3 is 20.1 Å². The van der Waals surface area contributed by atoms with Crippen molar-refractivity contribution in [3.05, 3.63) is 52.7 Å². The van der Waals surface area contributed by atoms with E-state index in [-0.39, 0.29) is 11.5 Å². The number of nitrogens with zero attached hydrogens (tertiary/aromatic N) is 4. The van der Waals surface area contributed by atoms with E-state index in [0.29, 0.717) is 16.7 Å². The van der Waals surface area contributed by atoms with Crippen LogP contribution < -0.4 is 15.8 Å². The normalized spacial score (nSPS) is 15.4. The van der Waals surface area contributed by atoms with Crippen LogP contribution in [-0.2, 0) is 0 Å². The molecule has 1 aliphatic heterocycles. The van der Waals surface area contributed by atoms with E-state index in [2.05, 4.69) is 57.0 Å². The molecule has 4 heterocycles. The van der Waals surface area contributed by atoms with E-state index in [0.717, 1.165) is 43.2 Å². The molecule has 0 aromatic carbocycles. The molecule has 7 nitrogen and oxygen atoms in total. The molecule has 3 aromatic rings. The number of aromatic amines is 1.